The zero-order chi connectivity index (χ0) is 17.5. The molecule has 0 heterocycles. The van der Waals surface area contributed by atoms with Crippen LogP contribution in [0.5, 0.6) is 0 Å². The molecule has 0 aliphatic heterocycles. The van der Waals surface area contributed by atoms with E-state index in [9.17, 15) is 4.79 Å². The van der Waals surface area contributed by atoms with Gasteiger partial charge in [-0.05, 0) is 29.5 Å². The fourth-order valence-corrected chi connectivity index (χ4v) is 1.87. The fourth-order valence-electron chi connectivity index (χ4n) is 1.87. The van der Waals surface area contributed by atoms with Gasteiger partial charge in [0.15, 0.2) is 0 Å². The first-order valence-corrected chi connectivity index (χ1v) is 7.77. The Balaban J connectivity index is 2.61. The van der Waals surface area contributed by atoms with E-state index in [1.807, 2.05) is 18.3 Å². The van der Waals surface area contributed by atoms with Gasteiger partial charge in [0.2, 0.25) is 5.91 Å². The van der Waals surface area contributed by atoms with Crippen LogP contribution in [-0.4, -0.2) is 18.3 Å². The Morgan fingerprint density at radius 1 is 1.04 bits per heavy atom. The third-order valence-electron chi connectivity index (χ3n) is 2.90. The number of carbonyl (C=O) groups excluding carboxylic acids is 1. The molecule has 23 heavy (non-hydrogen) atoms. The second-order valence-corrected chi connectivity index (χ2v) is 7.52. The molecule has 5 heteroatoms. The molecule has 126 valence electrons. The van der Waals surface area contributed by atoms with Gasteiger partial charge in [-0.25, -0.2) is 5.43 Å². The first kappa shape index (κ1) is 18.9. The van der Waals surface area contributed by atoms with Crippen LogP contribution in [0, 0.1) is 10.8 Å². The van der Waals surface area contributed by atoms with Crippen LogP contribution in [0.3, 0.4) is 0 Å². The maximum atomic E-state index is 10.8. The van der Waals surface area contributed by atoms with Crippen molar-refractivity contribution in [2.75, 3.05) is 5.43 Å². The van der Waals surface area contributed by atoms with Crippen LogP contribution in [-0.2, 0) is 11.2 Å². The number of amides is 1. The summed E-state index contributed by atoms with van der Waals surface area (Å²) in [6.07, 6.45) is 4.50. The molecule has 0 fully saturated rings. The molecule has 5 nitrogen and oxygen atoms in total. The van der Waals surface area contributed by atoms with Gasteiger partial charge in [-0.3, -0.25) is 10.2 Å². The van der Waals surface area contributed by atoms with Crippen LogP contribution in [0.1, 0.15) is 47.1 Å². The van der Waals surface area contributed by atoms with Gasteiger partial charge in [-0.2, -0.15) is 10.2 Å². The average Bonchev–Trinajstić information content (AvgIpc) is 2.38. The monoisotopic (exact) mass is 316 g/mol. The number of benzene rings is 1. The number of anilines is 1. The Morgan fingerprint density at radius 3 is 2.17 bits per heavy atom. The van der Waals surface area contributed by atoms with Crippen molar-refractivity contribution in [3.63, 3.8) is 0 Å². The van der Waals surface area contributed by atoms with Crippen molar-refractivity contribution in [2.45, 2.75) is 48.0 Å². The predicted octanol–water partition coefficient (Wildman–Crippen LogP) is 3.82. The van der Waals surface area contributed by atoms with Crippen LogP contribution < -0.4 is 10.9 Å². The maximum Gasteiger partial charge on any atom is 0.236 e. The number of hydrogen-bond donors (Lipinski definition) is 2. The third-order valence-corrected chi connectivity index (χ3v) is 2.90. The SMILES string of the molecule is CC(=O)N/N=C/C(C)(C)Cc1ccc(N/N=C/C(C)(C)C)cc1. The maximum absolute atomic E-state index is 10.8. The van der Waals surface area contributed by atoms with Crippen molar-refractivity contribution in [1.82, 2.24) is 5.43 Å². The molecule has 0 atom stereocenters. The lowest BCUT2D eigenvalue weighted by Crippen LogP contribution is -2.20. The van der Waals surface area contributed by atoms with E-state index < -0.39 is 0 Å². The molecule has 0 saturated carbocycles. The summed E-state index contributed by atoms with van der Waals surface area (Å²) in [5.74, 6) is -0.164. The van der Waals surface area contributed by atoms with Crippen LogP contribution in [0.15, 0.2) is 34.5 Å². The minimum absolute atomic E-state index is 0.0597. The smallest absolute Gasteiger partial charge is 0.236 e. The first-order valence-electron chi connectivity index (χ1n) is 7.77. The largest absolute Gasteiger partial charge is 0.279 e. The van der Waals surface area contributed by atoms with Crippen molar-refractivity contribution in [3.8, 4) is 0 Å². The van der Waals surface area contributed by atoms with Crippen molar-refractivity contribution >= 4 is 24.0 Å². The van der Waals surface area contributed by atoms with Crippen LogP contribution in [0.25, 0.3) is 0 Å². The summed E-state index contributed by atoms with van der Waals surface area (Å²) in [7, 11) is 0. The van der Waals surface area contributed by atoms with Crippen LogP contribution in [0.2, 0.25) is 0 Å². The highest BCUT2D eigenvalue weighted by Crippen LogP contribution is 2.21. The van der Waals surface area contributed by atoms with Gasteiger partial charge in [0.1, 0.15) is 0 Å². The molecular weight excluding hydrogens is 288 g/mol. The Hall–Kier alpha value is -2.17. The summed E-state index contributed by atoms with van der Waals surface area (Å²) < 4.78 is 0. The van der Waals surface area contributed by atoms with Crippen molar-refractivity contribution < 1.29 is 4.79 Å². The molecule has 1 aromatic carbocycles. The van der Waals surface area contributed by atoms with Gasteiger partial charge in [-0.1, -0.05) is 46.8 Å². The van der Waals surface area contributed by atoms with Crippen LogP contribution >= 0.6 is 0 Å². The molecule has 1 rings (SSSR count). The Morgan fingerprint density at radius 2 is 1.65 bits per heavy atom. The van der Waals surface area contributed by atoms with Gasteiger partial charge in [0.25, 0.3) is 0 Å². The van der Waals surface area contributed by atoms with Gasteiger partial charge in [0, 0.05) is 24.8 Å². The molecule has 0 radical (unpaired) electrons. The number of rotatable bonds is 6. The summed E-state index contributed by atoms with van der Waals surface area (Å²) in [6.45, 7) is 11.9. The van der Waals surface area contributed by atoms with E-state index in [-0.39, 0.29) is 16.7 Å². The van der Waals surface area contributed by atoms with Gasteiger partial charge in [0.05, 0.1) is 5.69 Å². The van der Waals surface area contributed by atoms with E-state index in [0.717, 1.165) is 12.1 Å². The van der Waals surface area contributed by atoms with E-state index in [4.69, 9.17) is 0 Å². The summed E-state index contributed by atoms with van der Waals surface area (Å²) in [5, 5.41) is 8.20. The molecule has 1 amide bonds. The van der Waals surface area contributed by atoms with Crippen molar-refractivity contribution in [2.24, 2.45) is 21.0 Å². The van der Waals surface area contributed by atoms with E-state index in [1.54, 1.807) is 6.21 Å². The molecule has 0 aromatic heterocycles. The quantitative estimate of drug-likeness (QED) is 0.619. The molecule has 1 aromatic rings. The van der Waals surface area contributed by atoms with E-state index in [0.29, 0.717) is 0 Å². The van der Waals surface area contributed by atoms with Crippen molar-refractivity contribution in [3.05, 3.63) is 29.8 Å². The van der Waals surface area contributed by atoms with E-state index in [1.165, 1.54) is 12.5 Å². The first-order chi connectivity index (χ1) is 10.6. The Bertz CT molecular complexity index is 566. The molecule has 0 aliphatic rings. The Labute approximate surface area is 139 Å². The zero-order valence-electron chi connectivity index (χ0n) is 15.0. The van der Waals surface area contributed by atoms with Gasteiger partial charge >= 0.3 is 0 Å². The van der Waals surface area contributed by atoms with Crippen LogP contribution in [0.4, 0.5) is 5.69 Å². The highest BCUT2D eigenvalue weighted by atomic mass is 16.2. The van der Waals surface area contributed by atoms with Gasteiger partial charge < -0.3 is 0 Å². The number of carbonyl (C=O) groups is 1. The molecular formula is C18H28N4O. The molecule has 0 saturated heterocycles. The summed E-state index contributed by atoms with van der Waals surface area (Å²) in [5.41, 5.74) is 7.55. The predicted molar refractivity (Wildman–Crippen MR) is 97.8 cm³/mol. The molecule has 0 spiro atoms. The Kier molecular flexibility index (Phi) is 6.49. The van der Waals surface area contributed by atoms with E-state index in [2.05, 4.69) is 67.8 Å². The second kappa shape index (κ2) is 7.90. The van der Waals surface area contributed by atoms with Gasteiger partial charge in [-0.15, -0.1) is 0 Å². The summed E-state index contributed by atoms with van der Waals surface area (Å²) in [6, 6.07) is 8.17. The zero-order valence-corrected chi connectivity index (χ0v) is 15.0. The highest BCUT2D eigenvalue weighted by molar-refractivity contribution is 5.74. The average molecular weight is 316 g/mol. The summed E-state index contributed by atoms with van der Waals surface area (Å²) >= 11 is 0. The molecule has 2 N–H and O–H groups in total. The number of hydrogen-bond acceptors (Lipinski definition) is 4. The van der Waals surface area contributed by atoms with Crippen molar-refractivity contribution in [1.29, 1.82) is 0 Å². The molecule has 0 unspecified atom stereocenters. The number of nitrogens with zero attached hydrogens (tertiary/aromatic N) is 2. The molecule has 0 aliphatic carbocycles. The normalized spacial score (nSPS) is 12.8. The van der Waals surface area contributed by atoms with E-state index >= 15 is 0 Å². The third kappa shape index (κ3) is 8.76. The number of hydrazone groups is 2. The highest BCUT2D eigenvalue weighted by Gasteiger charge is 2.16. The minimum Gasteiger partial charge on any atom is -0.279 e. The lowest BCUT2D eigenvalue weighted by atomic mass is 9.87. The molecule has 0 bridgehead atoms. The lowest BCUT2D eigenvalue weighted by molar-refractivity contribution is -0.118. The lowest BCUT2D eigenvalue weighted by Gasteiger charge is -2.19. The second-order valence-electron chi connectivity index (χ2n) is 7.52. The summed E-state index contributed by atoms with van der Waals surface area (Å²) in [4.78, 5) is 10.8. The number of nitrogens with one attached hydrogen (secondary N) is 2. The fraction of sp³-hybridized carbons (Fsp3) is 0.500. The minimum atomic E-state index is -0.164. The standard InChI is InChI=1S/C18H28N4O/c1-14(23)21-20-13-18(5,6)11-15-7-9-16(10-8-15)22-19-12-17(2,3)4/h7-10,12-13,22H,11H2,1-6H3,(H,21,23)/b19-12+,20-13+. The topological polar surface area (TPSA) is 65.8 Å².